The monoisotopic (exact) mass is 256 g/mol. The van der Waals surface area contributed by atoms with Crippen LogP contribution in [-0.2, 0) is 0 Å². The summed E-state index contributed by atoms with van der Waals surface area (Å²) in [6.07, 6.45) is 3.57. The zero-order valence-corrected chi connectivity index (χ0v) is 10.7. The molecule has 1 aliphatic carbocycles. The summed E-state index contributed by atoms with van der Waals surface area (Å²) >= 11 is 17.3. The van der Waals surface area contributed by atoms with Crippen LogP contribution in [0.5, 0.6) is 0 Å². The maximum Gasteiger partial charge on any atom is 0.226 e. The molecule has 0 bridgehead atoms. The molecule has 0 aromatic carbocycles. The lowest BCUT2D eigenvalue weighted by molar-refractivity contribution is 0.162. The number of rotatable bonds is 4. The molecular formula is C10H15Cl3O. The smallest absolute Gasteiger partial charge is 0.226 e. The molecule has 0 saturated heterocycles. The van der Waals surface area contributed by atoms with Crippen molar-refractivity contribution in [2.75, 3.05) is 0 Å². The minimum atomic E-state index is -1.61. The van der Waals surface area contributed by atoms with Gasteiger partial charge in [0, 0.05) is 0 Å². The van der Waals surface area contributed by atoms with E-state index in [2.05, 4.69) is 0 Å². The summed E-state index contributed by atoms with van der Waals surface area (Å²) in [6, 6.07) is 0. The molecule has 82 valence electrons. The van der Waals surface area contributed by atoms with E-state index in [4.69, 9.17) is 34.8 Å². The molecule has 4 heteroatoms. The van der Waals surface area contributed by atoms with Crippen LogP contribution in [-0.4, -0.2) is 14.5 Å². The van der Waals surface area contributed by atoms with Crippen molar-refractivity contribution >= 4 is 34.8 Å². The predicted octanol–water partition coefficient (Wildman–Crippen LogP) is 4.00. The number of hydrogen-bond donors (Lipinski definition) is 1. The van der Waals surface area contributed by atoms with Crippen molar-refractivity contribution in [2.45, 2.75) is 48.9 Å². The standard InChI is InChI=1S/C10H15Cl3O/c1-3-5-7-8(6-4-2)9(7,14)10(11,12)13/h14H,3-6H2,1-2H3. The highest BCUT2D eigenvalue weighted by atomic mass is 35.6. The molecule has 1 rings (SSSR count). The van der Waals surface area contributed by atoms with Crippen LogP contribution in [0.4, 0.5) is 0 Å². The minimum absolute atomic E-state index is 0.819. The van der Waals surface area contributed by atoms with E-state index in [-0.39, 0.29) is 0 Å². The van der Waals surface area contributed by atoms with Gasteiger partial charge in [0.05, 0.1) is 0 Å². The van der Waals surface area contributed by atoms with Crippen LogP contribution in [0.2, 0.25) is 0 Å². The van der Waals surface area contributed by atoms with Crippen LogP contribution in [0.3, 0.4) is 0 Å². The Hall–Kier alpha value is 0.570. The van der Waals surface area contributed by atoms with Crippen molar-refractivity contribution < 1.29 is 5.11 Å². The first kappa shape index (κ1) is 12.6. The largest absolute Gasteiger partial charge is 0.377 e. The van der Waals surface area contributed by atoms with Gasteiger partial charge in [-0.25, -0.2) is 0 Å². The molecule has 0 spiro atoms. The summed E-state index contributed by atoms with van der Waals surface area (Å²) in [5.41, 5.74) is 0.618. The molecular weight excluding hydrogens is 242 g/mol. The third-order valence-electron chi connectivity index (χ3n) is 2.59. The van der Waals surface area contributed by atoms with Gasteiger partial charge in [-0.05, 0) is 24.0 Å². The summed E-state index contributed by atoms with van der Waals surface area (Å²) in [6.45, 7) is 4.10. The van der Waals surface area contributed by atoms with E-state index in [0.717, 1.165) is 36.8 Å². The molecule has 0 aromatic heterocycles. The molecule has 0 fully saturated rings. The highest BCUT2D eigenvalue weighted by molar-refractivity contribution is 6.69. The highest BCUT2D eigenvalue weighted by Crippen LogP contribution is 2.60. The van der Waals surface area contributed by atoms with Crippen molar-refractivity contribution in [3.63, 3.8) is 0 Å². The van der Waals surface area contributed by atoms with Crippen LogP contribution < -0.4 is 0 Å². The quantitative estimate of drug-likeness (QED) is 0.596. The van der Waals surface area contributed by atoms with E-state index < -0.39 is 9.39 Å². The zero-order valence-electron chi connectivity index (χ0n) is 8.41. The van der Waals surface area contributed by atoms with E-state index in [9.17, 15) is 5.11 Å². The van der Waals surface area contributed by atoms with Gasteiger partial charge in [0.1, 0.15) is 0 Å². The van der Waals surface area contributed by atoms with Crippen molar-refractivity contribution in [3.8, 4) is 0 Å². The lowest BCUT2D eigenvalue weighted by Gasteiger charge is -2.22. The lowest BCUT2D eigenvalue weighted by atomic mass is 10.1. The van der Waals surface area contributed by atoms with Gasteiger partial charge in [-0.3, -0.25) is 0 Å². The molecule has 1 N–H and O–H groups in total. The van der Waals surface area contributed by atoms with E-state index >= 15 is 0 Å². The average Bonchev–Trinajstić information content (AvgIpc) is 2.60. The van der Waals surface area contributed by atoms with Crippen LogP contribution >= 0.6 is 34.8 Å². The summed E-state index contributed by atoms with van der Waals surface area (Å²) in [4.78, 5) is 0. The second-order valence-corrected chi connectivity index (χ2v) is 5.95. The summed E-state index contributed by atoms with van der Waals surface area (Å²) < 4.78 is -1.61. The molecule has 0 saturated carbocycles. The third-order valence-corrected chi connectivity index (χ3v) is 3.41. The van der Waals surface area contributed by atoms with Gasteiger partial charge < -0.3 is 5.11 Å². The molecule has 0 radical (unpaired) electrons. The van der Waals surface area contributed by atoms with Crippen molar-refractivity contribution in [1.82, 2.24) is 0 Å². The molecule has 1 nitrogen and oxygen atoms in total. The lowest BCUT2D eigenvalue weighted by Crippen LogP contribution is -2.33. The second kappa shape index (κ2) is 4.21. The minimum Gasteiger partial charge on any atom is -0.377 e. The van der Waals surface area contributed by atoms with Gasteiger partial charge in [-0.1, -0.05) is 61.5 Å². The van der Waals surface area contributed by atoms with Gasteiger partial charge >= 0.3 is 0 Å². The van der Waals surface area contributed by atoms with Crippen LogP contribution in [0.25, 0.3) is 0 Å². The third kappa shape index (κ3) is 1.92. The summed E-state index contributed by atoms with van der Waals surface area (Å²) in [5, 5.41) is 10.2. The molecule has 0 aromatic rings. The zero-order chi connectivity index (χ0) is 11.0. The fourth-order valence-electron chi connectivity index (χ4n) is 1.88. The average molecular weight is 258 g/mol. The van der Waals surface area contributed by atoms with E-state index in [1.807, 2.05) is 13.8 Å². The maximum absolute atomic E-state index is 10.2. The van der Waals surface area contributed by atoms with Gasteiger partial charge in [0.25, 0.3) is 0 Å². The number of aliphatic hydroxyl groups is 1. The van der Waals surface area contributed by atoms with Gasteiger partial charge in [0.2, 0.25) is 3.79 Å². The molecule has 0 atom stereocenters. The van der Waals surface area contributed by atoms with Crippen LogP contribution in [0.1, 0.15) is 39.5 Å². The molecule has 14 heavy (non-hydrogen) atoms. The molecule has 0 aliphatic heterocycles. The maximum atomic E-state index is 10.2. The van der Waals surface area contributed by atoms with E-state index in [0.29, 0.717) is 0 Å². The number of alkyl halides is 3. The Kier molecular flexibility index (Phi) is 3.80. The topological polar surface area (TPSA) is 20.2 Å². The van der Waals surface area contributed by atoms with Gasteiger partial charge in [-0.2, -0.15) is 0 Å². The molecule has 1 aliphatic rings. The summed E-state index contributed by atoms with van der Waals surface area (Å²) in [5.74, 6) is 0. The van der Waals surface area contributed by atoms with E-state index in [1.54, 1.807) is 0 Å². The van der Waals surface area contributed by atoms with Crippen molar-refractivity contribution in [1.29, 1.82) is 0 Å². The Morgan fingerprint density at radius 3 is 1.64 bits per heavy atom. The SMILES string of the molecule is CCCC1=C(CCC)C1(O)C(Cl)(Cl)Cl. The van der Waals surface area contributed by atoms with Gasteiger partial charge in [0.15, 0.2) is 5.60 Å². The van der Waals surface area contributed by atoms with E-state index in [1.165, 1.54) is 0 Å². The van der Waals surface area contributed by atoms with Gasteiger partial charge in [-0.15, -0.1) is 0 Å². The predicted molar refractivity (Wildman–Crippen MR) is 62.1 cm³/mol. The first-order valence-electron chi connectivity index (χ1n) is 4.91. The molecule has 0 amide bonds. The molecule has 0 heterocycles. The second-order valence-electron chi connectivity index (χ2n) is 3.67. The van der Waals surface area contributed by atoms with Crippen molar-refractivity contribution in [2.24, 2.45) is 0 Å². The fraction of sp³-hybridized carbons (Fsp3) is 0.800. The first-order valence-corrected chi connectivity index (χ1v) is 6.05. The number of halogens is 3. The highest BCUT2D eigenvalue weighted by Gasteiger charge is 2.62. The number of hydrogen-bond acceptors (Lipinski definition) is 1. The fourth-order valence-corrected chi connectivity index (χ4v) is 2.57. The molecule has 0 unspecified atom stereocenters. The first-order chi connectivity index (χ1) is 6.39. The van der Waals surface area contributed by atoms with Crippen LogP contribution in [0, 0.1) is 0 Å². The van der Waals surface area contributed by atoms with Crippen LogP contribution in [0.15, 0.2) is 11.1 Å². The Labute approximate surface area is 100 Å². The Bertz CT molecular complexity index is 237. The van der Waals surface area contributed by atoms with Crippen molar-refractivity contribution in [3.05, 3.63) is 11.1 Å². The Morgan fingerprint density at radius 2 is 1.43 bits per heavy atom. The summed E-state index contributed by atoms with van der Waals surface area (Å²) in [7, 11) is 0. The Morgan fingerprint density at radius 1 is 1.07 bits per heavy atom. The normalized spacial score (nSPS) is 20.1. The Balaban J connectivity index is 2.77.